The summed E-state index contributed by atoms with van der Waals surface area (Å²) in [6.07, 6.45) is 1.93. The molecule has 0 fully saturated rings. The SMILES string of the molecule is Cc1nc2c(NC(=O)c3ccc4c(c3)OCO4)cccn2c1C. The first-order chi connectivity index (χ1) is 11.1. The minimum Gasteiger partial charge on any atom is -0.454 e. The van der Waals surface area contributed by atoms with Gasteiger partial charge >= 0.3 is 0 Å². The molecule has 4 rings (SSSR count). The monoisotopic (exact) mass is 309 g/mol. The smallest absolute Gasteiger partial charge is 0.255 e. The van der Waals surface area contributed by atoms with Gasteiger partial charge in [0, 0.05) is 17.5 Å². The zero-order valence-electron chi connectivity index (χ0n) is 12.8. The van der Waals surface area contributed by atoms with Crippen LogP contribution in [0, 0.1) is 13.8 Å². The average molecular weight is 309 g/mol. The maximum absolute atomic E-state index is 12.5. The lowest BCUT2D eigenvalue weighted by Gasteiger charge is -2.07. The molecular weight excluding hydrogens is 294 g/mol. The molecule has 1 amide bonds. The lowest BCUT2D eigenvalue weighted by molar-refractivity contribution is 0.102. The van der Waals surface area contributed by atoms with Gasteiger partial charge < -0.3 is 19.2 Å². The fraction of sp³-hybridized carbons (Fsp3) is 0.176. The zero-order chi connectivity index (χ0) is 16.0. The number of hydrogen-bond acceptors (Lipinski definition) is 4. The molecule has 23 heavy (non-hydrogen) atoms. The third-order valence-corrected chi connectivity index (χ3v) is 4.01. The summed E-state index contributed by atoms with van der Waals surface area (Å²) in [4.78, 5) is 17.0. The zero-order valence-corrected chi connectivity index (χ0v) is 12.8. The van der Waals surface area contributed by atoms with E-state index in [9.17, 15) is 4.79 Å². The number of benzene rings is 1. The number of rotatable bonds is 2. The van der Waals surface area contributed by atoms with Gasteiger partial charge in [0.05, 0.1) is 11.4 Å². The fourth-order valence-corrected chi connectivity index (χ4v) is 2.63. The number of aromatic nitrogens is 2. The molecule has 1 aliphatic rings. The summed E-state index contributed by atoms with van der Waals surface area (Å²) in [6, 6.07) is 8.86. The molecule has 3 aromatic rings. The van der Waals surface area contributed by atoms with Crippen molar-refractivity contribution in [3.05, 3.63) is 53.5 Å². The molecule has 0 atom stereocenters. The Morgan fingerprint density at radius 1 is 1.22 bits per heavy atom. The van der Waals surface area contributed by atoms with Gasteiger partial charge in [0.25, 0.3) is 5.91 Å². The molecule has 0 spiro atoms. The number of amides is 1. The van der Waals surface area contributed by atoms with E-state index in [2.05, 4.69) is 10.3 Å². The number of carbonyl (C=O) groups is 1. The Morgan fingerprint density at radius 2 is 2.04 bits per heavy atom. The number of nitrogens with zero attached hydrogens (tertiary/aromatic N) is 2. The molecule has 0 radical (unpaired) electrons. The van der Waals surface area contributed by atoms with Crippen LogP contribution in [0.1, 0.15) is 21.7 Å². The normalized spacial score (nSPS) is 12.6. The van der Waals surface area contributed by atoms with E-state index < -0.39 is 0 Å². The highest BCUT2D eigenvalue weighted by molar-refractivity contribution is 6.06. The number of fused-ring (bicyclic) bond motifs is 2. The summed E-state index contributed by atoms with van der Waals surface area (Å²) in [6.45, 7) is 4.14. The van der Waals surface area contributed by atoms with Gasteiger partial charge in [0.1, 0.15) is 0 Å². The van der Waals surface area contributed by atoms with E-state index in [0.717, 1.165) is 17.0 Å². The molecular formula is C17H15N3O3. The summed E-state index contributed by atoms with van der Waals surface area (Å²) in [5.74, 6) is 1.03. The highest BCUT2D eigenvalue weighted by atomic mass is 16.7. The van der Waals surface area contributed by atoms with Gasteiger partial charge in [-0.15, -0.1) is 0 Å². The predicted octanol–water partition coefficient (Wildman–Crippen LogP) is 2.93. The van der Waals surface area contributed by atoms with E-state index in [0.29, 0.717) is 22.7 Å². The molecule has 116 valence electrons. The lowest BCUT2D eigenvalue weighted by atomic mass is 10.2. The summed E-state index contributed by atoms with van der Waals surface area (Å²) in [7, 11) is 0. The van der Waals surface area contributed by atoms with Crippen molar-refractivity contribution in [2.45, 2.75) is 13.8 Å². The van der Waals surface area contributed by atoms with Crippen LogP contribution >= 0.6 is 0 Å². The Kier molecular flexibility index (Phi) is 2.97. The van der Waals surface area contributed by atoms with Crippen molar-refractivity contribution < 1.29 is 14.3 Å². The molecule has 0 unspecified atom stereocenters. The molecule has 1 N–H and O–H groups in total. The molecule has 1 aromatic carbocycles. The van der Waals surface area contributed by atoms with E-state index in [1.807, 2.05) is 36.6 Å². The first-order valence-electron chi connectivity index (χ1n) is 7.29. The minimum absolute atomic E-state index is 0.187. The van der Waals surface area contributed by atoms with Crippen LogP contribution in [0.25, 0.3) is 5.65 Å². The first-order valence-corrected chi connectivity index (χ1v) is 7.29. The van der Waals surface area contributed by atoms with E-state index in [1.165, 1.54) is 0 Å². The van der Waals surface area contributed by atoms with Crippen LogP contribution in [-0.2, 0) is 0 Å². The van der Waals surface area contributed by atoms with Gasteiger partial charge in [-0.2, -0.15) is 0 Å². The minimum atomic E-state index is -0.213. The lowest BCUT2D eigenvalue weighted by Crippen LogP contribution is -2.12. The maximum Gasteiger partial charge on any atom is 0.255 e. The quantitative estimate of drug-likeness (QED) is 0.790. The Hall–Kier alpha value is -3.02. The van der Waals surface area contributed by atoms with Crippen molar-refractivity contribution >= 4 is 17.2 Å². The molecule has 6 nitrogen and oxygen atoms in total. The number of hydrogen-bond donors (Lipinski definition) is 1. The van der Waals surface area contributed by atoms with Crippen molar-refractivity contribution in [3.63, 3.8) is 0 Å². The second-order valence-electron chi connectivity index (χ2n) is 5.42. The molecule has 0 saturated carbocycles. The van der Waals surface area contributed by atoms with Crippen LogP contribution < -0.4 is 14.8 Å². The van der Waals surface area contributed by atoms with Crippen LogP contribution in [0.5, 0.6) is 11.5 Å². The maximum atomic E-state index is 12.5. The first kappa shape index (κ1) is 13.6. The topological polar surface area (TPSA) is 64.9 Å². The van der Waals surface area contributed by atoms with Gasteiger partial charge in [0.15, 0.2) is 17.1 Å². The number of anilines is 1. The largest absolute Gasteiger partial charge is 0.454 e. The average Bonchev–Trinajstić information content (AvgIpc) is 3.13. The molecule has 3 heterocycles. The van der Waals surface area contributed by atoms with Gasteiger partial charge in [-0.3, -0.25) is 4.79 Å². The van der Waals surface area contributed by atoms with E-state index in [-0.39, 0.29) is 12.7 Å². The molecule has 2 aromatic heterocycles. The molecule has 6 heteroatoms. The third kappa shape index (κ3) is 2.19. The third-order valence-electron chi connectivity index (χ3n) is 4.01. The van der Waals surface area contributed by atoms with Gasteiger partial charge in [-0.1, -0.05) is 0 Å². The van der Waals surface area contributed by atoms with Gasteiger partial charge in [0.2, 0.25) is 6.79 Å². The highest BCUT2D eigenvalue weighted by Gasteiger charge is 2.17. The fourth-order valence-electron chi connectivity index (χ4n) is 2.63. The number of pyridine rings is 1. The highest BCUT2D eigenvalue weighted by Crippen LogP contribution is 2.32. The van der Waals surface area contributed by atoms with E-state index >= 15 is 0 Å². The van der Waals surface area contributed by atoms with Crippen molar-refractivity contribution in [1.29, 1.82) is 0 Å². The number of imidazole rings is 1. The van der Waals surface area contributed by atoms with Gasteiger partial charge in [-0.05, 0) is 44.2 Å². The van der Waals surface area contributed by atoms with Crippen molar-refractivity contribution in [2.75, 3.05) is 12.1 Å². The second-order valence-corrected chi connectivity index (χ2v) is 5.42. The Balaban J connectivity index is 1.68. The van der Waals surface area contributed by atoms with Crippen LogP contribution in [0.15, 0.2) is 36.5 Å². The van der Waals surface area contributed by atoms with Gasteiger partial charge in [-0.25, -0.2) is 4.98 Å². The molecule has 0 bridgehead atoms. The predicted molar refractivity (Wildman–Crippen MR) is 85.2 cm³/mol. The Bertz CT molecular complexity index is 930. The van der Waals surface area contributed by atoms with Crippen LogP contribution in [0.2, 0.25) is 0 Å². The molecule has 0 saturated heterocycles. The standard InChI is InChI=1S/C17H15N3O3/c1-10-11(2)20-7-3-4-13(16(20)18-10)19-17(21)12-5-6-14-15(8-12)23-9-22-14/h3-8H,9H2,1-2H3,(H,19,21). The van der Waals surface area contributed by atoms with Crippen molar-refractivity contribution in [3.8, 4) is 11.5 Å². The van der Waals surface area contributed by atoms with Crippen LogP contribution in [0.4, 0.5) is 5.69 Å². The Morgan fingerprint density at radius 3 is 2.91 bits per heavy atom. The summed E-state index contributed by atoms with van der Waals surface area (Å²) in [5.41, 5.74) is 3.91. The number of ether oxygens (including phenoxy) is 2. The summed E-state index contributed by atoms with van der Waals surface area (Å²) < 4.78 is 12.5. The van der Waals surface area contributed by atoms with Crippen LogP contribution in [-0.4, -0.2) is 22.1 Å². The van der Waals surface area contributed by atoms with Crippen molar-refractivity contribution in [2.24, 2.45) is 0 Å². The summed E-state index contributed by atoms with van der Waals surface area (Å²) >= 11 is 0. The Labute approximate surface area is 132 Å². The molecule has 0 aliphatic carbocycles. The number of carbonyl (C=O) groups excluding carboxylic acids is 1. The molecule has 1 aliphatic heterocycles. The van der Waals surface area contributed by atoms with Crippen LogP contribution in [0.3, 0.4) is 0 Å². The van der Waals surface area contributed by atoms with Crippen molar-refractivity contribution in [1.82, 2.24) is 9.38 Å². The number of aryl methyl sites for hydroxylation is 2. The van der Waals surface area contributed by atoms with E-state index in [4.69, 9.17) is 9.47 Å². The summed E-state index contributed by atoms with van der Waals surface area (Å²) in [5, 5.41) is 2.91. The van der Waals surface area contributed by atoms with E-state index in [1.54, 1.807) is 18.2 Å². The number of nitrogens with one attached hydrogen (secondary N) is 1. The second kappa shape index (κ2) is 5.01.